The van der Waals surface area contributed by atoms with Gasteiger partial charge in [-0.3, -0.25) is 0 Å². The highest BCUT2D eigenvalue weighted by Gasteiger charge is 2.45. The van der Waals surface area contributed by atoms with Crippen LogP contribution < -0.4 is 0 Å². The number of thiophene rings is 1. The third kappa shape index (κ3) is 5.31. The molecule has 3 nitrogen and oxygen atoms in total. The number of hydrogen-bond acceptors (Lipinski definition) is 4. The summed E-state index contributed by atoms with van der Waals surface area (Å²) in [7, 11) is 0. The van der Waals surface area contributed by atoms with Crippen molar-refractivity contribution in [2.45, 2.75) is 5.41 Å². The minimum atomic E-state index is -0.504. The Bertz CT molecular complexity index is 3400. The van der Waals surface area contributed by atoms with Gasteiger partial charge in [-0.25, -0.2) is 15.0 Å². The maximum Gasteiger partial charge on any atom is 0.164 e. The second-order valence-electron chi connectivity index (χ2n) is 15.5. The van der Waals surface area contributed by atoms with Crippen LogP contribution in [0.5, 0.6) is 0 Å². The van der Waals surface area contributed by atoms with E-state index in [0.29, 0.717) is 17.5 Å². The summed E-state index contributed by atoms with van der Waals surface area (Å²) in [5, 5.41) is 4.99. The van der Waals surface area contributed by atoms with Crippen molar-refractivity contribution in [1.82, 2.24) is 15.0 Å². The third-order valence-electron chi connectivity index (χ3n) is 12.2. The molecule has 60 heavy (non-hydrogen) atoms. The summed E-state index contributed by atoms with van der Waals surface area (Å²) < 4.78 is 2.52. The molecule has 0 amide bonds. The number of fused-ring (bicyclic) bond motifs is 8. The molecule has 0 aliphatic heterocycles. The van der Waals surface area contributed by atoms with Gasteiger partial charge in [0.25, 0.3) is 0 Å². The molecule has 9 aromatic carbocycles. The Morgan fingerprint density at radius 1 is 0.333 bits per heavy atom. The van der Waals surface area contributed by atoms with Crippen LogP contribution in [0, 0.1) is 0 Å². The van der Waals surface area contributed by atoms with Gasteiger partial charge in [-0.1, -0.05) is 182 Å². The lowest BCUT2D eigenvalue weighted by atomic mass is 9.67. The lowest BCUT2D eigenvalue weighted by Gasteiger charge is -2.34. The Balaban J connectivity index is 1.05. The highest BCUT2D eigenvalue weighted by atomic mass is 32.1. The highest BCUT2D eigenvalue weighted by Crippen LogP contribution is 2.56. The molecule has 2 heterocycles. The summed E-state index contributed by atoms with van der Waals surface area (Å²) in [6, 6.07) is 76.4. The highest BCUT2D eigenvalue weighted by molar-refractivity contribution is 7.26. The Morgan fingerprint density at radius 2 is 0.900 bits per heavy atom. The lowest BCUT2D eigenvalue weighted by Crippen LogP contribution is -2.28. The number of nitrogens with zero attached hydrogens (tertiary/aromatic N) is 3. The van der Waals surface area contributed by atoms with Crippen molar-refractivity contribution < 1.29 is 0 Å². The van der Waals surface area contributed by atoms with Gasteiger partial charge in [0, 0.05) is 36.9 Å². The van der Waals surface area contributed by atoms with Crippen LogP contribution >= 0.6 is 11.3 Å². The van der Waals surface area contributed by atoms with E-state index in [1.54, 1.807) is 0 Å². The van der Waals surface area contributed by atoms with Crippen LogP contribution in [0.25, 0.3) is 87.4 Å². The molecule has 0 bridgehead atoms. The SMILES string of the molecule is c1ccc(-c2nc(-c3ccc4sc5ccc6ccccc6c5c4c3)nc(-c3ccccc3-c3cccc(C4(c5ccccc5)c5ccccc5-c5ccccc54)c3)n2)cc1. The molecular weight excluding hydrogens is 747 g/mol. The maximum atomic E-state index is 5.32. The molecule has 0 saturated heterocycles. The van der Waals surface area contributed by atoms with Gasteiger partial charge in [0.15, 0.2) is 17.5 Å². The van der Waals surface area contributed by atoms with E-state index in [9.17, 15) is 0 Å². The van der Waals surface area contributed by atoms with Crippen molar-refractivity contribution in [1.29, 1.82) is 0 Å². The smallest absolute Gasteiger partial charge is 0.164 e. The van der Waals surface area contributed by atoms with Gasteiger partial charge in [0.2, 0.25) is 0 Å². The Labute approximate surface area is 352 Å². The predicted molar refractivity (Wildman–Crippen MR) is 249 cm³/mol. The van der Waals surface area contributed by atoms with E-state index in [0.717, 1.165) is 27.8 Å². The molecule has 0 atom stereocenters. The van der Waals surface area contributed by atoms with Crippen LogP contribution in [0.4, 0.5) is 0 Å². The summed E-state index contributed by atoms with van der Waals surface area (Å²) >= 11 is 1.83. The van der Waals surface area contributed by atoms with Crippen LogP contribution in [-0.4, -0.2) is 15.0 Å². The second-order valence-corrected chi connectivity index (χ2v) is 16.6. The van der Waals surface area contributed by atoms with Crippen LogP contribution in [0.15, 0.2) is 212 Å². The van der Waals surface area contributed by atoms with Crippen molar-refractivity contribution >= 4 is 42.3 Å². The van der Waals surface area contributed by atoms with Gasteiger partial charge in [-0.05, 0) is 85.6 Å². The van der Waals surface area contributed by atoms with Crippen LogP contribution in [0.1, 0.15) is 22.3 Å². The first-order valence-electron chi connectivity index (χ1n) is 20.4. The molecule has 1 aliphatic carbocycles. The van der Waals surface area contributed by atoms with E-state index in [4.69, 9.17) is 15.0 Å². The average Bonchev–Trinajstić information content (AvgIpc) is 3.86. The van der Waals surface area contributed by atoms with E-state index < -0.39 is 5.41 Å². The van der Waals surface area contributed by atoms with Crippen molar-refractivity contribution in [2.24, 2.45) is 0 Å². The number of benzene rings is 9. The first kappa shape index (κ1) is 34.5. The van der Waals surface area contributed by atoms with Gasteiger partial charge in [-0.2, -0.15) is 0 Å². The fourth-order valence-corrected chi connectivity index (χ4v) is 10.7. The molecular formula is C56H35N3S. The second kappa shape index (κ2) is 13.8. The lowest BCUT2D eigenvalue weighted by molar-refractivity contribution is 0.769. The summed E-state index contributed by atoms with van der Waals surface area (Å²) in [5.41, 5.74) is 12.1. The molecule has 0 fully saturated rings. The fourth-order valence-electron chi connectivity index (χ4n) is 9.59. The number of aromatic nitrogens is 3. The van der Waals surface area contributed by atoms with Crippen LogP contribution in [-0.2, 0) is 5.41 Å². The van der Waals surface area contributed by atoms with E-state index >= 15 is 0 Å². The van der Waals surface area contributed by atoms with Gasteiger partial charge in [0.1, 0.15) is 0 Å². The van der Waals surface area contributed by atoms with Crippen LogP contribution in [0.2, 0.25) is 0 Å². The predicted octanol–water partition coefficient (Wildman–Crippen LogP) is 14.4. The van der Waals surface area contributed by atoms with E-state index in [-0.39, 0.29) is 0 Å². The first-order valence-corrected chi connectivity index (χ1v) is 21.2. The molecule has 4 heteroatoms. The molecule has 12 rings (SSSR count). The summed E-state index contributed by atoms with van der Waals surface area (Å²) in [4.78, 5) is 15.7. The third-order valence-corrected chi connectivity index (χ3v) is 13.4. The number of rotatable bonds is 6. The van der Waals surface area contributed by atoms with Crippen molar-refractivity contribution in [3.63, 3.8) is 0 Å². The Kier molecular flexibility index (Phi) is 7.94. The molecule has 0 radical (unpaired) electrons. The van der Waals surface area contributed by atoms with Gasteiger partial charge < -0.3 is 0 Å². The zero-order valence-electron chi connectivity index (χ0n) is 32.5. The quantitative estimate of drug-likeness (QED) is 0.169. The maximum absolute atomic E-state index is 5.32. The largest absolute Gasteiger partial charge is 0.208 e. The minimum Gasteiger partial charge on any atom is -0.208 e. The molecule has 2 aromatic heterocycles. The van der Waals surface area contributed by atoms with Gasteiger partial charge in [-0.15, -0.1) is 11.3 Å². The summed E-state index contributed by atoms with van der Waals surface area (Å²) in [6.07, 6.45) is 0. The number of hydrogen-bond donors (Lipinski definition) is 0. The molecule has 280 valence electrons. The van der Waals surface area contributed by atoms with Gasteiger partial charge >= 0.3 is 0 Å². The van der Waals surface area contributed by atoms with Crippen molar-refractivity contribution in [2.75, 3.05) is 0 Å². The average molecular weight is 782 g/mol. The normalized spacial score (nSPS) is 12.8. The van der Waals surface area contributed by atoms with E-state index in [1.165, 1.54) is 64.3 Å². The van der Waals surface area contributed by atoms with Crippen LogP contribution in [0.3, 0.4) is 0 Å². The van der Waals surface area contributed by atoms with Crippen molar-refractivity contribution in [3.05, 3.63) is 235 Å². The van der Waals surface area contributed by atoms with Gasteiger partial charge in [0.05, 0.1) is 5.41 Å². The Morgan fingerprint density at radius 3 is 1.67 bits per heavy atom. The standard InChI is InChI=1S/C56H35N3S/c1-3-17-37(18-4-1)53-57-54(39-31-32-50-47(35-39)52-43-24-8-7-16-36(43)30-33-51(52)60-50)59-55(58-53)46-27-10-9-23-42(46)38-19-15-22-41(34-38)56(40-20-5-2-6-21-40)48-28-13-11-25-44(48)45-26-12-14-29-49(45)56/h1-35H. The zero-order valence-corrected chi connectivity index (χ0v) is 33.3. The van der Waals surface area contributed by atoms with E-state index in [1.807, 2.05) is 29.5 Å². The molecule has 0 unspecified atom stereocenters. The summed E-state index contributed by atoms with van der Waals surface area (Å²) in [5.74, 6) is 1.92. The van der Waals surface area contributed by atoms with Crippen molar-refractivity contribution in [3.8, 4) is 56.4 Å². The molecule has 0 saturated carbocycles. The summed E-state index contributed by atoms with van der Waals surface area (Å²) in [6.45, 7) is 0. The molecule has 11 aromatic rings. The molecule has 0 N–H and O–H groups in total. The zero-order chi connectivity index (χ0) is 39.6. The first-order chi connectivity index (χ1) is 29.7. The van der Waals surface area contributed by atoms with E-state index in [2.05, 4.69) is 194 Å². The molecule has 0 spiro atoms. The fraction of sp³-hybridized carbons (Fsp3) is 0.0179. The monoisotopic (exact) mass is 781 g/mol. The molecule has 1 aliphatic rings. The minimum absolute atomic E-state index is 0.504. The topological polar surface area (TPSA) is 38.7 Å². The Hall–Kier alpha value is -7.53.